The van der Waals surface area contributed by atoms with Gasteiger partial charge in [0.15, 0.2) is 0 Å². The zero-order chi connectivity index (χ0) is 16.4. The second-order valence-electron chi connectivity index (χ2n) is 6.50. The number of aliphatic carboxylic acids is 1. The van der Waals surface area contributed by atoms with E-state index in [0.29, 0.717) is 26.1 Å². The Morgan fingerprint density at radius 2 is 1.96 bits per heavy atom. The molecule has 6 heteroatoms. The molecule has 0 bridgehead atoms. The third-order valence-corrected chi connectivity index (χ3v) is 5.20. The lowest BCUT2D eigenvalue weighted by Crippen LogP contribution is -2.43. The number of carboxylic acid groups (broad SMARTS) is 1. The molecule has 0 radical (unpaired) electrons. The summed E-state index contributed by atoms with van der Waals surface area (Å²) >= 11 is 3.41. The van der Waals surface area contributed by atoms with Crippen molar-refractivity contribution in [2.45, 2.75) is 31.8 Å². The van der Waals surface area contributed by atoms with Crippen LogP contribution in [0.3, 0.4) is 0 Å². The van der Waals surface area contributed by atoms with E-state index in [4.69, 9.17) is 9.84 Å². The van der Waals surface area contributed by atoms with Crippen LogP contribution in [-0.4, -0.2) is 41.6 Å². The number of rotatable bonds is 5. The van der Waals surface area contributed by atoms with E-state index in [9.17, 15) is 9.59 Å². The van der Waals surface area contributed by atoms with Crippen molar-refractivity contribution in [3.8, 4) is 0 Å². The fourth-order valence-electron chi connectivity index (χ4n) is 3.10. The Labute approximate surface area is 143 Å². The molecule has 124 valence electrons. The molecule has 1 heterocycles. The SMILES string of the molecule is O=C(O)CC1(CC(=O)N2CCOC(c3ccc(Br)cc3)C2)CC1. The predicted octanol–water partition coefficient (Wildman–Crippen LogP) is 2.99. The van der Waals surface area contributed by atoms with Crippen molar-refractivity contribution >= 4 is 27.8 Å². The van der Waals surface area contributed by atoms with Gasteiger partial charge in [-0.2, -0.15) is 0 Å². The maximum absolute atomic E-state index is 12.5. The molecule has 1 aromatic carbocycles. The summed E-state index contributed by atoms with van der Waals surface area (Å²) in [6.45, 7) is 1.62. The molecule has 23 heavy (non-hydrogen) atoms. The molecule has 2 aliphatic rings. The summed E-state index contributed by atoms with van der Waals surface area (Å²) in [5, 5.41) is 8.98. The highest BCUT2D eigenvalue weighted by Crippen LogP contribution is 2.52. The summed E-state index contributed by atoms with van der Waals surface area (Å²) in [5.41, 5.74) is 0.756. The first-order valence-corrected chi connectivity index (χ1v) is 8.63. The van der Waals surface area contributed by atoms with Gasteiger partial charge in [-0.05, 0) is 36.0 Å². The average Bonchev–Trinajstić information content (AvgIpc) is 3.26. The molecule has 1 N–H and O–H groups in total. The van der Waals surface area contributed by atoms with Crippen molar-refractivity contribution in [1.82, 2.24) is 4.90 Å². The minimum atomic E-state index is -0.815. The molecule has 2 fully saturated rings. The maximum Gasteiger partial charge on any atom is 0.303 e. The molecular weight excluding hydrogens is 362 g/mol. The Bertz CT molecular complexity index is 597. The van der Waals surface area contributed by atoms with Crippen LogP contribution in [-0.2, 0) is 14.3 Å². The highest BCUT2D eigenvalue weighted by Gasteiger charge is 2.46. The Morgan fingerprint density at radius 3 is 2.57 bits per heavy atom. The van der Waals surface area contributed by atoms with Crippen LogP contribution < -0.4 is 0 Å². The molecule has 1 aliphatic carbocycles. The van der Waals surface area contributed by atoms with E-state index >= 15 is 0 Å². The quantitative estimate of drug-likeness (QED) is 0.850. The molecule has 5 nitrogen and oxygen atoms in total. The number of carbonyl (C=O) groups excluding carboxylic acids is 1. The fraction of sp³-hybridized carbons (Fsp3) is 0.529. The number of benzene rings is 1. The zero-order valence-electron chi connectivity index (χ0n) is 12.8. The monoisotopic (exact) mass is 381 g/mol. The predicted molar refractivity (Wildman–Crippen MR) is 88.0 cm³/mol. The molecule has 1 aliphatic heterocycles. The van der Waals surface area contributed by atoms with Gasteiger partial charge in [-0.3, -0.25) is 9.59 Å². The molecular formula is C17H20BrNO4. The lowest BCUT2D eigenvalue weighted by Gasteiger charge is -2.34. The first-order chi connectivity index (χ1) is 11.0. The number of hydrogen-bond acceptors (Lipinski definition) is 3. The number of amides is 1. The van der Waals surface area contributed by atoms with Crippen LogP contribution in [0.2, 0.25) is 0 Å². The van der Waals surface area contributed by atoms with Crippen LogP contribution in [0.15, 0.2) is 28.7 Å². The van der Waals surface area contributed by atoms with Crippen LogP contribution in [0.5, 0.6) is 0 Å². The lowest BCUT2D eigenvalue weighted by atomic mass is 9.97. The molecule has 1 aromatic rings. The fourth-order valence-corrected chi connectivity index (χ4v) is 3.37. The summed E-state index contributed by atoms with van der Waals surface area (Å²) in [6.07, 6.45) is 2.00. The molecule has 1 saturated carbocycles. The standard InChI is InChI=1S/C17H20BrNO4/c18-13-3-1-12(2-4-13)14-11-19(7-8-23-14)15(20)9-17(5-6-17)10-16(21)22/h1-4,14H,5-11H2,(H,21,22). The molecule has 1 unspecified atom stereocenters. The summed E-state index contributed by atoms with van der Waals surface area (Å²) in [5.74, 6) is -0.765. The molecule has 1 amide bonds. The first-order valence-electron chi connectivity index (χ1n) is 7.84. The van der Waals surface area contributed by atoms with Crippen LogP contribution in [0.4, 0.5) is 0 Å². The Balaban J connectivity index is 1.61. The first kappa shape index (κ1) is 16.5. The summed E-state index contributed by atoms with van der Waals surface area (Å²) < 4.78 is 6.80. The summed E-state index contributed by atoms with van der Waals surface area (Å²) in [4.78, 5) is 25.3. The van der Waals surface area contributed by atoms with E-state index in [-0.39, 0.29) is 23.8 Å². The van der Waals surface area contributed by atoms with E-state index < -0.39 is 5.97 Å². The number of morpholine rings is 1. The van der Waals surface area contributed by atoms with Gasteiger partial charge in [0.25, 0.3) is 0 Å². The smallest absolute Gasteiger partial charge is 0.303 e. The van der Waals surface area contributed by atoms with Crippen molar-refractivity contribution in [2.75, 3.05) is 19.7 Å². The van der Waals surface area contributed by atoms with Gasteiger partial charge in [0, 0.05) is 17.4 Å². The largest absolute Gasteiger partial charge is 0.481 e. The lowest BCUT2D eigenvalue weighted by molar-refractivity contribution is -0.142. The zero-order valence-corrected chi connectivity index (χ0v) is 14.4. The Morgan fingerprint density at radius 1 is 1.26 bits per heavy atom. The number of carbonyl (C=O) groups is 2. The highest BCUT2D eigenvalue weighted by molar-refractivity contribution is 9.10. The minimum absolute atomic E-state index is 0.0501. The topological polar surface area (TPSA) is 66.8 Å². The molecule has 0 aromatic heterocycles. The number of ether oxygens (including phenoxy) is 1. The molecule has 0 spiro atoms. The van der Waals surface area contributed by atoms with Gasteiger partial charge < -0.3 is 14.7 Å². The van der Waals surface area contributed by atoms with Crippen LogP contribution in [0.1, 0.15) is 37.4 Å². The van der Waals surface area contributed by atoms with Gasteiger partial charge in [0.05, 0.1) is 19.6 Å². The second-order valence-corrected chi connectivity index (χ2v) is 7.41. The Kier molecular flexibility index (Phi) is 4.73. The molecule has 3 rings (SSSR count). The number of nitrogens with zero attached hydrogens (tertiary/aromatic N) is 1. The average molecular weight is 382 g/mol. The van der Waals surface area contributed by atoms with E-state index in [0.717, 1.165) is 22.9 Å². The second kappa shape index (κ2) is 6.61. The summed E-state index contributed by atoms with van der Waals surface area (Å²) in [7, 11) is 0. The maximum atomic E-state index is 12.5. The molecule has 1 saturated heterocycles. The van der Waals surface area contributed by atoms with Gasteiger partial charge in [-0.15, -0.1) is 0 Å². The third-order valence-electron chi connectivity index (χ3n) is 4.67. The van der Waals surface area contributed by atoms with Gasteiger partial charge in [-0.1, -0.05) is 28.1 Å². The van der Waals surface area contributed by atoms with Crippen molar-refractivity contribution in [1.29, 1.82) is 0 Å². The van der Waals surface area contributed by atoms with Gasteiger partial charge >= 0.3 is 5.97 Å². The van der Waals surface area contributed by atoms with Crippen LogP contribution >= 0.6 is 15.9 Å². The third kappa shape index (κ3) is 4.12. The minimum Gasteiger partial charge on any atom is -0.481 e. The number of carboxylic acids is 1. The van der Waals surface area contributed by atoms with E-state index in [1.54, 1.807) is 0 Å². The van der Waals surface area contributed by atoms with Crippen LogP contribution in [0.25, 0.3) is 0 Å². The van der Waals surface area contributed by atoms with Crippen molar-refractivity contribution in [3.05, 3.63) is 34.3 Å². The van der Waals surface area contributed by atoms with Crippen LogP contribution in [0, 0.1) is 5.41 Å². The van der Waals surface area contributed by atoms with Crippen molar-refractivity contribution in [3.63, 3.8) is 0 Å². The van der Waals surface area contributed by atoms with Crippen molar-refractivity contribution < 1.29 is 19.4 Å². The van der Waals surface area contributed by atoms with Gasteiger partial charge in [-0.25, -0.2) is 0 Å². The molecule has 1 atom stereocenters. The van der Waals surface area contributed by atoms with E-state index in [1.165, 1.54) is 0 Å². The van der Waals surface area contributed by atoms with Crippen molar-refractivity contribution in [2.24, 2.45) is 5.41 Å². The normalized spacial score (nSPS) is 22.7. The van der Waals surface area contributed by atoms with Gasteiger partial charge in [0.2, 0.25) is 5.91 Å². The van der Waals surface area contributed by atoms with E-state index in [1.807, 2.05) is 29.2 Å². The summed E-state index contributed by atoms with van der Waals surface area (Å²) in [6, 6.07) is 7.92. The number of hydrogen-bond donors (Lipinski definition) is 1. The van der Waals surface area contributed by atoms with Gasteiger partial charge in [0.1, 0.15) is 6.10 Å². The Hall–Kier alpha value is -1.40. The highest BCUT2D eigenvalue weighted by atomic mass is 79.9. The van der Waals surface area contributed by atoms with E-state index in [2.05, 4.69) is 15.9 Å². The number of halogens is 1.